The Morgan fingerprint density at radius 2 is 2.47 bits per heavy atom. The van der Waals surface area contributed by atoms with Gasteiger partial charge in [0, 0.05) is 17.2 Å². The van der Waals surface area contributed by atoms with E-state index in [0.29, 0.717) is 6.42 Å². The van der Waals surface area contributed by atoms with Crippen molar-refractivity contribution in [2.24, 2.45) is 11.0 Å². The zero-order valence-corrected chi connectivity index (χ0v) is 12.1. The minimum Gasteiger partial charge on any atom is -0.273 e. The van der Waals surface area contributed by atoms with Gasteiger partial charge in [0.2, 0.25) is 5.91 Å². The summed E-state index contributed by atoms with van der Waals surface area (Å²) in [6, 6.07) is 2.17. The molecule has 0 bridgehead atoms. The third-order valence-corrected chi connectivity index (χ3v) is 4.00. The molecule has 0 saturated carbocycles. The zero-order chi connectivity index (χ0) is 13.8. The van der Waals surface area contributed by atoms with Gasteiger partial charge in [-0.3, -0.25) is 4.79 Å². The molecule has 1 aromatic heterocycles. The van der Waals surface area contributed by atoms with E-state index >= 15 is 0 Å². The molecule has 1 aliphatic rings. The van der Waals surface area contributed by atoms with Crippen molar-refractivity contribution in [1.82, 2.24) is 5.43 Å². The molecule has 1 aliphatic heterocycles. The maximum Gasteiger partial charge on any atom is 0.240 e. The lowest BCUT2D eigenvalue weighted by molar-refractivity contribution is -0.121. The van der Waals surface area contributed by atoms with E-state index in [1.807, 2.05) is 19.9 Å². The molecule has 1 atom stereocenters. The smallest absolute Gasteiger partial charge is 0.240 e. The molecule has 0 spiro atoms. The minimum atomic E-state index is -0.00607. The van der Waals surface area contributed by atoms with Crippen LogP contribution in [-0.4, -0.2) is 11.6 Å². The molecule has 0 radical (unpaired) electrons. The number of hydrogen-bond acceptors (Lipinski definition) is 3. The van der Waals surface area contributed by atoms with Crippen LogP contribution >= 0.6 is 11.3 Å². The summed E-state index contributed by atoms with van der Waals surface area (Å²) in [6.45, 7) is 7.82. The number of rotatable bonds is 4. The number of nitrogens with zero attached hydrogens (tertiary/aromatic N) is 1. The summed E-state index contributed by atoms with van der Waals surface area (Å²) in [5, 5.41) is 6.32. The molecule has 0 aliphatic carbocycles. The van der Waals surface area contributed by atoms with Crippen molar-refractivity contribution in [3.8, 4) is 0 Å². The highest BCUT2D eigenvalue weighted by atomic mass is 32.1. The van der Waals surface area contributed by atoms with Crippen molar-refractivity contribution in [3.63, 3.8) is 0 Å². The van der Waals surface area contributed by atoms with E-state index in [9.17, 15) is 4.79 Å². The molecule has 0 aromatic carbocycles. The van der Waals surface area contributed by atoms with Gasteiger partial charge < -0.3 is 0 Å². The van der Waals surface area contributed by atoms with Gasteiger partial charge in [-0.25, -0.2) is 5.43 Å². The van der Waals surface area contributed by atoms with Crippen LogP contribution in [0.4, 0.5) is 0 Å². The van der Waals surface area contributed by atoms with Crippen LogP contribution in [0, 0.1) is 5.92 Å². The van der Waals surface area contributed by atoms with Gasteiger partial charge in [-0.15, -0.1) is 17.9 Å². The van der Waals surface area contributed by atoms with Crippen LogP contribution in [0.3, 0.4) is 0 Å². The molecule has 0 fully saturated rings. The van der Waals surface area contributed by atoms with Crippen LogP contribution in [0.15, 0.2) is 34.8 Å². The van der Waals surface area contributed by atoms with E-state index in [1.165, 1.54) is 10.4 Å². The predicted molar refractivity (Wildman–Crippen MR) is 81.2 cm³/mol. The van der Waals surface area contributed by atoms with Crippen molar-refractivity contribution in [1.29, 1.82) is 0 Å². The normalized spacial score (nSPS) is 19.9. The zero-order valence-electron chi connectivity index (χ0n) is 11.3. The fraction of sp³-hybridized carbons (Fsp3) is 0.333. The third kappa shape index (κ3) is 3.41. The van der Waals surface area contributed by atoms with Gasteiger partial charge in [0.05, 0.1) is 5.71 Å². The standard InChI is InChI=1S/C15H18N2OS/c1-4-5-12-8-13(19-9-12)6-10(2)15-11(3)7-14(18)16-17-15/h4,6,8-9,11H,1,5,7H2,2-3H3,(H,16,18). The maximum atomic E-state index is 11.2. The highest BCUT2D eigenvalue weighted by Gasteiger charge is 2.21. The molecule has 1 unspecified atom stereocenters. The second-order valence-corrected chi connectivity index (χ2v) is 5.76. The van der Waals surface area contributed by atoms with Gasteiger partial charge in [0.1, 0.15) is 0 Å². The van der Waals surface area contributed by atoms with Crippen molar-refractivity contribution < 1.29 is 4.79 Å². The molecule has 2 heterocycles. The number of amides is 1. The van der Waals surface area contributed by atoms with E-state index in [1.54, 1.807) is 11.3 Å². The number of carbonyl (C=O) groups excluding carboxylic acids is 1. The Morgan fingerprint density at radius 1 is 1.68 bits per heavy atom. The first-order chi connectivity index (χ1) is 9.10. The van der Waals surface area contributed by atoms with Crippen LogP contribution in [0.2, 0.25) is 0 Å². The lowest BCUT2D eigenvalue weighted by atomic mass is 9.94. The first-order valence-corrected chi connectivity index (χ1v) is 7.21. The fourth-order valence-corrected chi connectivity index (χ4v) is 3.08. The molecule has 19 heavy (non-hydrogen) atoms. The molecular weight excluding hydrogens is 256 g/mol. The number of hydrogen-bond donors (Lipinski definition) is 1. The average Bonchev–Trinajstić information content (AvgIpc) is 2.76. The number of carbonyl (C=O) groups is 1. The predicted octanol–water partition coefficient (Wildman–Crippen LogP) is 3.39. The fourth-order valence-electron chi connectivity index (χ4n) is 2.16. The largest absolute Gasteiger partial charge is 0.273 e. The molecule has 3 nitrogen and oxygen atoms in total. The van der Waals surface area contributed by atoms with Crippen molar-refractivity contribution >= 4 is 29.0 Å². The summed E-state index contributed by atoms with van der Waals surface area (Å²) in [5.74, 6) is 0.172. The van der Waals surface area contributed by atoms with Crippen molar-refractivity contribution in [3.05, 3.63) is 40.1 Å². The van der Waals surface area contributed by atoms with E-state index in [0.717, 1.165) is 17.7 Å². The quantitative estimate of drug-likeness (QED) is 0.840. The highest BCUT2D eigenvalue weighted by Crippen LogP contribution is 2.22. The Bertz CT molecular complexity index is 554. The summed E-state index contributed by atoms with van der Waals surface area (Å²) < 4.78 is 0. The van der Waals surface area contributed by atoms with Gasteiger partial charge in [-0.1, -0.05) is 13.0 Å². The average molecular weight is 274 g/mol. The number of thiophene rings is 1. The minimum absolute atomic E-state index is 0.00607. The number of hydrazone groups is 1. The monoisotopic (exact) mass is 274 g/mol. The molecule has 4 heteroatoms. The molecule has 2 rings (SSSR count). The van der Waals surface area contributed by atoms with Gasteiger partial charge >= 0.3 is 0 Å². The third-order valence-electron chi connectivity index (χ3n) is 3.08. The van der Waals surface area contributed by atoms with Gasteiger partial charge in [0.25, 0.3) is 0 Å². The molecule has 0 saturated heterocycles. The highest BCUT2D eigenvalue weighted by molar-refractivity contribution is 7.11. The SMILES string of the molecule is C=CCc1csc(C=C(C)C2=NNC(=O)CC2C)c1. The Morgan fingerprint density at radius 3 is 3.16 bits per heavy atom. The van der Waals surface area contributed by atoms with Crippen molar-refractivity contribution in [2.45, 2.75) is 26.7 Å². The van der Waals surface area contributed by atoms with Crippen LogP contribution in [0.1, 0.15) is 30.7 Å². The Balaban J connectivity index is 2.17. The second-order valence-electron chi connectivity index (χ2n) is 4.81. The van der Waals surface area contributed by atoms with E-state index < -0.39 is 0 Å². The maximum absolute atomic E-state index is 11.2. The van der Waals surface area contributed by atoms with E-state index in [-0.39, 0.29) is 11.8 Å². The van der Waals surface area contributed by atoms with E-state index in [4.69, 9.17) is 0 Å². The topological polar surface area (TPSA) is 41.5 Å². The van der Waals surface area contributed by atoms with Gasteiger partial charge in [-0.2, -0.15) is 5.10 Å². The Labute approximate surface area is 117 Å². The van der Waals surface area contributed by atoms with E-state index in [2.05, 4.69) is 34.6 Å². The first-order valence-electron chi connectivity index (χ1n) is 6.33. The summed E-state index contributed by atoms with van der Waals surface area (Å²) in [5.41, 5.74) is 5.92. The van der Waals surface area contributed by atoms with Gasteiger partial charge in [-0.05, 0) is 42.0 Å². The Hall–Kier alpha value is -1.68. The van der Waals surface area contributed by atoms with Crippen LogP contribution < -0.4 is 5.43 Å². The lowest BCUT2D eigenvalue weighted by Crippen LogP contribution is -2.31. The molecule has 1 N–H and O–H groups in total. The molecule has 1 aromatic rings. The lowest BCUT2D eigenvalue weighted by Gasteiger charge is -2.19. The molecule has 1 amide bonds. The van der Waals surface area contributed by atoms with Crippen LogP contribution in [0.5, 0.6) is 0 Å². The van der Waals surface area contributed by atoms with Crippen molar-refractivity contribution in [2.75, 3.05) is 0 Å². The molecular formula is C15H18N2OS. The summed E-state index contributed by atoms with van der Waals surface area (Å²) in [6.07, 6.45) is 5.45. The number of nitrogens with one attached hydrogen (secondary N) is 1. The summed E-state index contributed by atoms with van der Waals surface area (Å²) >= 11 is 1.72. The first kappa shape index (κ1) is 13.7. The van der Waals surface area contributed by atoms with Crippen LogP contribution in [-0.2, 0) is 11.2 Å². The van der Waals surface area contributed by atoms with Crippen LogP contribution in [0.25, 0.3) is 6.08 Å². The van der Waals surface area contributed by atoms with Gasteiger partial charge in [0.15, 0.2) is 0 Å². The summed E-state index contributed by atoms with van der Waals surface area (Å²) in [7, 11) is 0. The Kier molecular flexibility index (Phi) is 4.32. The summed E-state index contributed by atoms with van der Waals surface area (Å²) in [4.78, 5) is 12.4. The molecule has 100 valence electrons. The second kappa shape index (κ2) is 5.97. The number of allylic oxidation sites excluding steroid dienone is 2.